The molecule has 2 nitrogen and oxygen atoms in total. The summed E-state index contributed by atoms with van der Waals surface area (Å²) in [5.74, 6) is 1.19. The van der Waals surface area contributed by atoms with E-state index < -0.39 is 0 Å². The summed E-state index contributed by atoms with van der Waals surface area (Å²) < 4.78 is 0. The Hall–Kier alpha value is -0.660. The molecule has 0 aliphatic carbocycles. The highest BCUT2D eigenvalue weighted by Crippen LogP contribution is 2.08. The van der Waals surface area contributed by atoms with Crippen molar-refractivity contribution >= 4 is 0 Å². The van der Waals surface area contributed by atoms with Crippen molar-refractivity contribution in [1.29, 1.82) is 0 Å². The predicted octanol–water partition coefficient (Wildman–Crippen LogP) is 1.57. The van der Waals surface area contributed by atoms with Gasteiger partial charge in [0.15, 0.2) is 0 Å². The fourth-order valence-electron chi connectivity index (χ4n) is 1.22. The lowest BCUT2D eigenvalue weighted by Crippen LogP contribution is -2.22. The van der Waals surface area contributed by atoms with Crippen LogP contribution in [-0.2, 0) is 0 Å². The topological polar surface area (TPSA) is 17.3 Å². The molecule has 1 aliphatic rings. The van der Waals surface area contributed by atoms with E-state index in [9.17, 15) is 0 Å². The molecule has 0 bridgehead atoms. The van der Waals surface area contributed by atoms with Crippen LogP contribution in [0.25, 0.3) is 0 Å². The molecule has 11 heavy (non-hydrogen) atoms. The van der Waals surface area contributed by atoms with E-state index in [1.54, 1.807) is 0 Å². The van der Waals surface area contributed by atoms with E-state index in [0.29, 0.717) is 0 Å². The monoisotopic (exact) mass is 153 g/mol. The molecule has 0 fully saturated rings. The summed E-state index contributed by atoms with van der Waals surface area (Å²) in [6.45, 7) is 4.35. The van der Waals surface area contributed by atoms with Gasteiger partial charge < -0.3 is 4.90 Å². The van der Waals surface area contributed by atoms with Crippen LogP contribution in [0.1, 0.15) is 26.2 Å². The van der Waals surface area contributed by atoms with Gasteiger partial charge in [-0.05, 0) is 18.9 Å². The summed E-state index contributed by atoms with van der Waals surface area (Å²) in [5, 5.41) is 4.38. The Labute approximate surface area is 69.3 Å². The summed E-state index contributed by atoms with van der Waals surface area (Å²) in [6, 6.07) is 0. The molecule has 0 atom stereocenters. The number of rotatable bonds is 4. The van der Waals surface area contributed by atoms with Gasteiger partial charge in [-0.1, -0.05) is 13.3 Å². The molecule has 0 spiro atoms. The van der Waals surface area contributed by atoms with E-state index in [0.717, 1.165) is 19.5 Å². The Morgan fingerprint density at radius 1 is 1.64 bits per heavy atom. The first-order valence-corrected chi connectivity index (χ1v) is 4.43. The summed E-state index contributed by atoms with van der Waals surface area (Å²) in [4.78, 5) is 2.25. The maximum atomic E-state index is 4.38. The van der Waals surface area contributed by atoms with Gasteiger partial charge in [-0.2, -0.15) is 0 Å². The van der Waals surface area contributed by atoms with Crippen LogP contribution in [-0.4, -0.2) is 25.0 Å². The lowest BCUT2D eigenvalue weighted by atomic mass is 10.3. The second-order valence-electron chi connectivity index (χ2n) is 3.01. The quantitative estimate of drug-likeness (QED) is 0.599. The van der Waals surface area contributed by atoms with E-state index in [1.807, 2.05) is 0 Å². The summed E-state index contributed by atoms with van der Waals surface area (Å²) in [5.41, 5.74) is 0. The lowest BCUT2D eigenvalue weighted by molar-refractivity contribution is 0.382. The number of nitrogens with zero attached hydrogens (tertiary/aromatic N) is 2. The average molecular weight is 153 g/mol. The van der Waals surface area contributed by atoms with Crippen LogP contribution in [0.4, 0.5) is 0 Å². The summed E-state index contributed by atoms with van der Waals surface area (Å²) in [6.07, 6.45) is 5.88. The molecular formula is C9H17N2. The minimum atomic E-state index is 0.992. The van der Waals surface area contributed by atoms with Crippen LogP contribution in [0.5, 0.6) is 0 Å². The van der Waals surface area contributed by atoms with E-state index >= 15 is 0 Å². The van der Waals surface area contributed by atoms with Crippen LogP contribution in [0.2, 0.25) is 0 Å². The molecule has 1 heterocycles. The van der Waals surface area contributed by atoms with Crippen molar-refractivity contribution < 1.29 is 0 Å². The minimum Gasteiger partial charge on any atom is -0.360 e. The summed E-state index contributed by atoms with van der Waals surface area (Å²) in [7, 11) is 2.12. The largest absolute Gasteiger partial charge is 0.360 e. The maximum Gasteiger partial charge on any atom is 0.119 e. The van der Waals surface area contributed by atoms with Crippen molar-refractivity contribution in [2.24, 2.45) is 0 Å². The van der Waals surface area contributed by atoms with Gasteiger partial charge in [0.25, 0.3) is 0 Å². The van der Waals surface area contributed by atoms with E-state index in [1.165, 1.54) is 18.7 Å². The molecule has 2 heteroatoms. The number of hydrogen-bond donors (Lipinski definition) is 0. The Morgan fingerprint density at radius 2 is 2.45 bits per heavy atom. The zero-order valence-corrected chi connectivity index (χ0v) is 7.51. The van der Waals surface area contributed by atoms with Crippen LogP contribution in [0.3, 0.4) is 0 Å². The van der Waals surface area contributed by atoms with Crippen LogP contribution < -0.4 is 5.32 Å². The first kappa shape index (κ1) is 8.44. The molecule has 0 saturated heterocycles. The maximum absolute atomic E-state index is 4.38. The Bertz CT molecular complexity index is 140. The smallest absolute Gasteiger partial charge is 0.119 e. The molecular weight excluding hydrogens is 136 g/mol. The van der Waals surface area contributed by atoms with Crippen molar-refractivity contribution in [2.75, 3.05) is 20.1 Å². The zero-order chi connectivity index (χ0) is 8.10. The van der Waals surface area contributed by atoms with Crippen molar-refractivity contribution in [3.8, 4) is 0 Å². The highest BCUT2D eigenvalue weighted by atomic mass is 15.2. The Balaban J connectivity index is 2.23. The molecule has 1 rings (SSSR count). The van der Waals surface area contributed by atoms with Gasteiger partial charge >= 0.3 is 0 Å². The van der Waals surface area contributed by atoms with Gasteiger partial charge in [0.2, 0.25) is 0 Å². The third kappa shape index (κ3) is 2.45. The molecule has 0 unspecified atom stereocenters. The normalized spacial score (nSPS) is 16.0. The van der Waals surface area contributed by atoms with Crippen LogP contribution >= 0.6 is 0 Å². The second kappa shape index (κ2) is 4.27. The van der Waals surface area contributed by atoms with Crippen molar-refractivity contribution in [3.05, 3.63) is 11.9 Å². The number of hydrogen-bond acceptors (Lipinski definition) is 1. The molecule has 0 amide bonds. The van der Waals surface area contributed by atoms with Gasteiger partial charge in [-0.25, -0.2) is 0 Å². The fourth-order valence-corrected chi connectivity index (χ4v) is 1.22. The fraction of sp³-hybridized carbons (Fsp3) is 0.778. The van der Waals surface area contributed by atoms with E-state index in [-0.39, 0.29) is 0 Å². The standard InChI is InChI=1S/C9H17N2/c1-3-4-8-11(2)9-6-5-7-10-9/h6H,3-5,7-8H2,1-2H3. The SMILES string of the molecule is CCCCN(C)C1=CCC[N]1. The second-order valence-corrected chi connectivity index (χ2v) is 3.01. The van der Waals surface area contributed by atoms with Gasteiger partial charge in [-0.3, -0.25) is 5.32 Å². The molecule has 0 saturated carbocycles. The third-order valence-electron chi connectivity index (χ3n) is 1.97. The predicted molar refractivity (Wildman–Crippen MR) is 47.2 cm³/mol. The molecule has 0 aromatic carbocycles. The first-order valence-electron chi connectivity index (χ1n) is 4.43. The summed E-state index contributed by atoms with van der Waals surface area (Å²) >= 11 is 0. The molecule has 1 radical (unpaired) electrons. The van der Waals surface area contributed by atoms with Gasteiger partial charge in [0.05, 0.1) is 0 Å². The minimum absolute atomic E-state index is 0.992. The third-order valence-corrected chi connectivity index (χ3v) is 1.97. The first-order chi connectivity index (χ1) is 5.34. The molecule has 0 N–H and O–H groups in total. The zero-order valence-electron chi connectivity index (χ0n) is 7.51. The highest BCUT2D eigenvalue weighted by molar-refractivity contribution is 5.03. The molecule has 0 aromatic heterocycles. The number of unbranched alkanes of at least 4 members (excludes halogenated alkanes) is 1. The van der Waals surface area contributed by atoms with Crippen LogP contribution in [0, 0.1) is 0 Å². The van der Waals surface area contributed by atoms with Crippen molar-refractivity contribution in [2.45, 2.75) is 26.2 Å². The van der Waals surface area contributed by atoms with Crippen LogP contribution in [0.15, 0.2) is 11.9 Å². The molecule has 0 aromatic rings. The van der Waals surface area contributed by atoms with Crippen molar-refractivity contribution in [3.63, 3.8) is 0 Å². The van der Waals surface area contributed by atoms with Gasteiger partial charge in [-0.15, -0.1) is 0 Å². The van der Waals surface area contributed by atoms with Gasteiger partial charge in [0, 0.05) is 20.1 Å². The van der Waals surface area contributed by atoms with Crippen molar-refractivity contribution in [1.82, 2.24) is 10.2 Å². The molecule has 63 valence electrons. The van der Waals surface area contributed by atoms with Gasteiger partial charge in [0.1, 0.15) is 5.82 Å². The molecule has 1 aliphatic heterocycles. The Morgan fingerprint density at radius 3 is 3.00 bits per heavy atom. The van der Waals surface area contributed by atoms with E-state index in [2.05, 4.69) is 30.3 Å². The lowest BCUT2D eigenvalue weighted by Gasteiger charge is -2.18. The Kier molecular flexibility index (Phi) is 3.27. The highest BCUT2D eigenvalue weighted by Gasteiger charge is 2.08. The average Bonchev–Trinajstić information content (AvgIpc) is 2.52. The van der Waals surface area contributed by atoms with E-state index in [4.69, 9.17) is 0 Å².